The molecule has 1 unspecified atom stereocenters. The number of pyridine rings is 1. The largest absolute Gasteiger partial charge is 0.486 e. The van der Waals surface area contributed by atoms with Crippen LogP contribution in [0.25, 0.3) is 5.65 Å². The molecule has 124 valence electrons. The maximum absolute atomic E-state index is 10.5. The fourth-order valence-corrected chi connectivity index (χ4v) is 2.91. The zero-order valence-electron chi connectivity index (χ0n) is 12.6. The number of hydrogen-bond donors (Lipinski definition) is 2. The van der Waals surface area contributed by atoms with Gasteiger partial charge in [-0.15, -0.1) is 10.2 Å². The second kappa shape index (κ2) is 6.18. The molecular formula is C16H15ClN4O3. The standard InChI is InChI=1S/C16H15ClN4O3/c17-11-6-10(7-13-16(11)24-5-4-23-13)12(22)8-18-14-2-1-3-15-20-19-9-21(14)15/h1-3,6-7,9,12,18,22H,4-5,8H2. The SMILES string of the molecule is OC(CNc1cccc2nncn12)c1cc(Cl)c2c(c1)OCCO2. The van der Waals surface area contributed by atoms with Gasteiger partial charge in [0.05, 0.1) is 11.1 Å². The van der Waals surface area contributed by atoms with Gasteiger partial charge in [-0.05, 0) is 29.8 Å². The van der Waals surface area contributed by atoms with E-state index in [9.17, 15) is 5.11 Å². The molecule has 7 nitrogen and oxygen atoms in total. The van der Waals surface area contributed by atoms with E-state index in [0.717, 1.165) is 11.5 Å². The maximum atomic E-state index is 10.5. The van der Waals surface area contributed by atoms with Crippen molar-refractivity contribution >= 4 is 23.1 Å². The summed E-state index contributed by atoms with van der Waals surface area (Å²) >= 11 is 6.21. The van der Waals surface area contributed by atoms with Crippen molar-refractivity contribution in [3.63, 3.8) is 0 Å². The summed E-state index contributed by atoms with van der Waals surface area (Å²) in [6, 6.07) is 9.07. The van der Waals surface area contributed by atoms with Gasteiger partial charge >= 0.3 is 0 Å². The van der Waals surface area contributed by atoms with E-state index in [1.807, 2.05) is 22.6 Å². The second-order valence-corrected chi connectivity index (χ2v) is 5.80. The average molecular weight is 347 g/mol. The molecule has 0 aliphatic carbocycles. The minimum absolute atomic E-state index is 0.299. The molecule has 2 aromatic heterocycles. The number of hydrogen-bond acceptors (Lipinski definition) is 6. The first-order valence-electron chi connectivity index (χ1n) is 7.52. The van der Waals surface area contributed by atoms with Crippen LogP contribution in [0.4, 0.5) is 5.82 Å². The van der Waals surface area contributed by atoms with Gasteiger partial charge < -0.3 is 19.9 Å². The quantitative estimate of drug-likeness (QED) is 0.754. The van der Waals surface area contributed by atoms with Crippen LogP contribution in [0.15, 0.2) is 36.7 Å². The van der Waals surface area contributed by atoms with Crippen molar-refractivity contribution in [2.75, 3.05) is 25.1 Å². The van der Waals surface area contributed by atoms with Gasteiger partial charge in [0.1, 0.15) is 25.4 Å². The van der Waals surface area contributed by atoms with Crippen LogP contribution in [0.2, 0.25) is 5.02 Å². The smallest absolute Gasteiger partial charge is 0.179 e. The van der Waals surface area contributed by atoms with Gasteiger partial charge in [-0.2, -0.15) is 0 Å². The molecule has 3 heterocycles. The average Bonchev–Trinajstić information content (AvgIpc) is 3.09. The molecule has 0 amide bonds. The second-order valence-electron chi connectivity index (χ2n) is 5.39. The first kappa shape index (κ1) is 15.0. The Labute approximate surface area is 142 Å². The van der Waals surface area contributed by atoms with Crippen LogP contribution in [-0.2, 0) is 0 Å². The summed E-state index contributed by atoms with van der Waals surface area (Å²) < 4.78 is 12.8. The normalized spacial score (nSPS) is 14.6. The Bertz CT molecular complexity index is 883. The van der Waals surface area contributed by atoms with E-state index in [1.165, 1.54) is 0 Å². The number of aromatic nitrogens is 3. The van der Waals surface area contributed by atoms with E-state index >= 15 is 0 Å². The van der Waals surface area contributed by atoms with E-state index in [2.05, 4.69) is 15.5 Å². The van der Waals surface area contributed by atoms with Gasteiger partial charge in [-0.3, -0.25) is 4.40 Å². The third-order valence-electron chi connectivity index (χ3n) is 3.81. The van der Waals surface area contributed by atoms with E-state index < -0.39 is 6.10 Å². The minimum atomic E-state index is -0.759. The maximum Gasteiger partial charge on any atom is 0.179 e. The van der Waals surface area contributed by atoms with Crippen molar-refractivity contribution in [1.29, 1.82) is 0 Å². The van der Waals surface area contributed by atoms with Crippen molar-refractivity contribution in [1.82, 2.24) is 14.6 Å². The molecule has 0 saturated heterocycles. The molecule has 1 aliphatic heterocycles. The first-order chi connectivity index (χ1) is 11.7. The molecule has 0 spiro atoms. The van der Waals surface area contributed by atoms with Gasteiger partial charge in [0.15, 0.2) is 17.1 Å². The lowest BCUT2D eigenvalue weighted by molar-refractivity contribution is 0.167. The highest BCUT2D eigenvalue weighted by Crippen LogP contribution is 2.39. The summed E-state index contributed by atoms with van der Waals surface area (Å²) in [5.41, 5.74) is 1.39. The molecule has 0 saturated carbocycles. The van der Waals surface area contributed by atoms with Gasteiger partial charge in [-0.25, -0.2) is 0 Å². The van der Waals surface area contributed by atoms with E-state index in [0.29, 0.717) is 41.8 Å². The predicted octanol–water partition coefficient (Wildman–Crippen LogP) is 2.30. The van der Waals surface area contributed by atoms with Crippen molar-refractivity contribution in [3.05, 3.63) is 47.2 Å². The molecule has 0 fully saturated rings. The summed E-state index contributed by atoms with van der Waals surface area (Å²) in [5, 5.41) is 22.0. The Balaban J connectivity index is 1.53. The summed E-state index contributed by atoms with van der Waals surface area (Å²) in [6.07, 6.45) is 0.857. The Kier molecular flexibility index (Phi) is 3.87. The summed E-state index contributed by atoms with van der Waals surface area (Å²) in [6.45, 7) is 1.24. The van der Waals surface area contributed by atoms with Crippen LogP contribution in [0.3, 0.4) is 0 Å². The lowest BCUT2D eigenvalue weighted by atomic mass is 10.1. The Hall–Kier alpha value is -2.51. The molecule has 24 heavy (non-hydrogen) atoms. The topological polar surface area (TPSA) is 80.9 Å². The van der Waals surface area contributed by atoms with Crippen LogP contribution >= 0.6 is 11.6 Å². The van der Waals surface area contributed by atoms with E-state index in [4.69, 9.17) is 21.1 Å². The molecule has 4 rings (SSSR count). The number of aliphatic hydroxyl groups is 1. The van der Waals surface area contributed by atoms with Gasteiger partial charge in [0, 0.05) is 6.54 Å². The number of halogens is 1. The van der Waals surface area contributed by atoms with Crippen LogP contribution in [0.5, 0.6) is 11.5 Å². The molecule has 0 radical (unpaired) electrons. The van der Waals surface area contributed by atoms with Crippen molar-refractivity contribution in [2.45, 2.75) is 6.10 Å². The van der Waals surface area contributed by atoms with Crippen molar-refractivity contribution in [3.8, 4) is 11.5 Å². The Morgan fingerprint density at radius 1 is 1.29 bits per heavy atom. The van der Waals surface area contributed by atoms with Crippen LogP contribution in [0, 0.1) is 0 Å². The predicted molar refractivity (Wildman–Crippen MR) is 88.9 cm³/mol. The van der Waals surface area contributed by atoms with Gasteiger partial charge in [0.2, 0.25) is 0 Å². The molecule has 1 atom stereocenters. The Morgan fingerprint density at radius 2 is 2.17 bits per heavy atom. The number of nitrogens with zero attached hydrogens (tertiary/aromatic N) is 3. The van der Waals surface area contributed by atoms with Gasteiger partial charge in [-0.1, -0.05) is 17.7 Å². The number of aliphatic hydroxyl groups excluding tert-OH is 1. The summed E-state index contributed by atoms with van der Waals surface area (Å²) in [5.74, 6) is 1.88. The lowest BCUT2D eigenvalue weighted by Gasteiger charge is -2.22. The first-order valence-corrected chi connectivity index (χ1v) is 7.90. The monoisotopic (exact) mass is 346 g/mol. The number of benzene rings is 1. The summed E-state index contributed by atoms with van der Waals surface area (Å²) in [7, 11) is 0. The zero-order chi connectivity index (χ0) is 16.5. The molecule has 1 aromatic carbocycles. The molecule has 8 heteroatoms. The van der Waals surface area contributed by atoms with Crippen molar-refractivity contribution in [2.24, 2.45) is 0 Å². The number of nitrogens with one attached hydrogen (secondary N) is 1. The van der Waals surface area contributed by atoms with Crippen LogP contribution in [0.1, 0.15) is 11.7 Å². The molecule has 3 aromatic rings. The number of anilines is 1. The van der Waals surface area contributed by atoms with Crippen LogP contribution < -0.4 is 14.8 Å². The van der Waals surface area contributed by atoms with Gasteiger partial charge in [0.25, 0.3) is 0 Å². The number of rotatable bonds is 4. The number of fused-ring (bicyclic) bond motifs is 2. The zero-order valence-corrected chi connectivity index (χ0v) is 13.4. The molecule has 1 aliphatic rings. The summed E-state index contributed by atoms with van der Waals surface area (Å²) in [4.78, 5) is 0. The molecule has 2 N–H and O–H groups in total. The highest BCUT2D eigenvalue weighted by atomic mass is 35.5. The van der Waals surface area contributed by atoms with Crippen molar-refractivity contribution < 1.29 is 14.6 Å². The van der Waals surface area contributed by atoms with E-state index in [1.54, 1.807) is 18.5 Å². The third-order valence-corrected chi connectivity index (χ3v) is 4.09. The minimum Gasteiger partial charge on any atom is -0.486 e. The Morgan fingerprint density at radius 3 is 3.08 bits per heavy atom. The van der Waals surface area contributed by atoms with E-state index in [-0.39, 0.29) is 0 Å². The highest BCUT2D eigenvalue weighted by Gasteiger charge is 2.19. The molecular weight excluding hydrogens is 332 g/mol. The fraction of sp³-hybridized carbons (Fsp3) is 0.250. The third kappa shape index (κ3) is 2.72. The lowest BCUT2D eigenvalue weighted by Crippen LogP contribution is -2.17. The fourth-order valence-electron chi connectivity index (χ4n) is 2.64. The number of ether oxygens (including phenoxy) is 2. The molecule has 0 bridgehead atoms. The van der Waals surface area contributed by atoms with Crippen LogP contribution in [-0.4, -0.2) is 39.5 Å². The highest BCUT2D eigenvalue weighted by molar-refractivity contribution is 6.32.